The van der Waals surface area contributed by atoms with Crippen molar-refractivity contribution in [3.63, 3.8) is 0 Å². The predicted molar refractivity (Wildman–Crippen MR) is 77.5 cm³/mol. The molecule has 1 aromatic rings. The molecule has 1 aliphatic heterocycles. The fraction of sp³-hybridized carbons (Fsp3) is 0.500. The van der Waals surface area contributed by atoms with Crippen molar-refractivity contribution in [3.05, 3.63) is 35.9 Å². The second kappa shape index (κ2) is 6.44. The van der Waals surface area contributed by atoms with E-state index in [2.05, 4.69) is 0 Å². The molecule has 21 heavy (non-hydrogen) atoms. The van der Waals surface area contributed by atoms with Crippen molar-refractivity contribution in [2.45, 2.75) is 25.6 Å². The first-order chi connectivity index (χ1) is 9.93. The molecular weight excluding hydrogens is 294 g/mol. The van der Waals surface area contributed by atoms with Gasteiger partial charge >= 0.3 is 6.09 Å². The number of hydrogen-bond donors (Lipinski definition) is 1. The molecule has 2 rings (SSSR count). The number of amides is 1. The predicted octanol–water partition coefficient (Wildman–Crippen LogP) is 0.803. The molecule has 2 atom stereocenters. The monoisotopic (exact) mass is 313 g/mol. The van der Waals surface area contributed by atoms with E-state index < -0.39 is 28.1 Å². The van der Waals surface area contributed by atoms with Crippen LogP contribution in [0.2, 0.25) is 0 Å². The molecule has 0 aliphatic carbocycles. The van der Waals surface area contributed by atoms with Gasteiger partial charge in [0.25, 0.3) is 0 Å². The molecule has 1 saturated heterocycles. The topological polar surface area (TPSA) is 83.9 Å². The standard InChI is InChI=1S/C14H19NO5S/c1-2-20-14(17)15(8-11-6-4-3-5-7-11)12-9-21(18,19)10-13(12)16/h3-7,12-13,16H,2,8-10H2,1H3/t12-,13-/m1/s1. The number of aliphatic hydroxyl groups is 1. The molecule has 0 radical (unpaired) electrons. The molecular formula is C14H19NO5S. The Bertz CT molecular complexity index is 587. The Balaban J connectivity index is 2.22. The Morgan fingerprint density at radius 3 is 2.52 bits per heavy atom. The summed E-state index contributed by atoms with van der Waals surface area (Å²) in [5.41, 5.74) is 0.849. The fourth-order valence-corrected chi connectivity index (χ4v) is 4.21. The van der Waals surface area contributed by atoms with Crippen LogP contribution in [0.5, 0.6) is 0 Å². The second-order valence-corrected chi connectivity index (χ2v) is 7.18. The van der Waals surface area contributed by atoms with E-state index in [-0.39, 0.29) is 24.7 Å². The Labute approximate surface area is 124 Å². The minimum Gasteiger partial charge on any atom is -0.450 e. The van der Waals surface area contributed by atoms with Crippen molar-refractivity contribution < 1.29 is 23.1 Å². The zero-order valence-electron chi connectivity index (χ0n) is 11.8. The summed E-state index contributed by atoms with van der Waals surface area (Å²) in [6.45, 7) is 2.08. The SMILES string of the molecule is CCOC(=O)N(Cc1ccccc1)[C@@H]1CS(=O)(=O)C[C@H]1O. The lowest BCUT2D eigenvalue weighted by Crippen LogP contribution is -2.46. The maximum atomic E-state index is 12.1. The molecule has 0 unspecified atom stereocenters. The number of sulfone groups is 1. The van der Waals surface area contributed by atoms with Crippen molar-refractivity contribution in [1.82, 2.24) is 4.90 Å². The first kappa shape index (κ1) is 15.8. The first-order valence-corrected chi connectivity index (χ1v) is 8.61. The maximum Gasteiger partial charge on any atom is 0.410 e. The minimum atomic E-state index is -3.33. The first-order valence-electron chi connectivity index (χ1n) is 6.79. The van der Waals surface area contributed by atoms with Crippen LogP contribution in [0.4, 0.5) is 4.79 Å². The number of hydrogen-bond acceptors (Lipinski definition) is 5. The lowest BCUT2D eigenvalue weighted by atomic mass is 10.1. The van der Waals surface area contributed by atoms with Gasteiger partial charge in [-0.15, -0.1) is 0 Å². The summed E-state index contributed by atoms with van der Waals surface area (Å²) < 4.78 is 28.3. The van der Waals surface area contributed by atoms with Gasteiger partial charge in [-0.05, 0) is 12.5 Å². The van der Waals surface area contributed by atoms with E-state index in [0.29, 0.717) is 0 Å². The van der Waals surface area contributed by atoms with Crippen molar-refractivity contribution in [2.75, 3.05) is 18.1 Å². The van der Waals surface area contributed by atoms with E-state index in [1.807, 2.05) is 30.3 Å². The van der Waals surface area contributed by atoms with Gasteiger partial charge in [0.05, 0.1) is 30.3 Å². The van der Waals surface area contributed by atoms with Gasteiger partial charge in [0.2, 0.25) is 0 Å². The molecule has 1 heterocycles. The third-order valence-electron chi connectivity index (χ3n) is 3.39. The van der Waals surface area contributed by atoms with Gasteiger partial charge in [-0.25, -0.2) is 13.2 Å². The largest absolute Gasteiger partial charge is 0.450 e. The number of nitrogens with zero attached hydrogens (tertiary/aromatic N) is 1. The van der Waals surface area contributed by atoms with E-state index in [0.717, 1.165) is 5.56 Å². The molecule has 1 fully saturated rings. The summed E-state index contributed by atoms with van der Waals surface area (Å²) in [6, 6.07) is 8.42. The second-order valence-electron chi connectivity index (χ2n) is 5.02. The number of carbonyl (C=O) groups excluding carboxylic acids is 1. The highest BCUT2D eigenvalue weighted by Gasteiger charge is 2.42. The molecule has 0 spiro atoms. The smallest absolute Gasteiger partial charge is 0.410 e. The molecule has 1 amide bonds. The lowest BCUT2D eigenvalue weighted by molar-refractivity contribution is 0.0526. The van der Waals surface area contributed by atoms with Crippen LogP contribution >= 0.6 is 0 Å². The summed E-state index contributed by atoms with van der Waals surface area (Å²) in [5.74, 6) is -0.553. The van der Waals surface area contributed by atoms with Gasteiger partial charge in [-0.1, -0.05) is 30.3 Å². The number of rotatable bonds is 4. The summed E-state index contributed by atoms with van der Waals surface area (Å²) in [6.07, 6.45) is -1.69. The third-order valence-corrected chi connectivity index (χ3v) is 5.09. The highest BCUT2D eigenvalue weighted by atomic mass is 32.2. The van der Waals surface area contributed by atoms with Crippen molar-refractivity contribution >= 4 is 15.9 Å². The highest BCUT2D eigenvalue weighted by molar-refractivity contribution is 7.91. The summed E-state index contributed by atoms with van der Waals surface area (Å²) in [7, 11) is -3.33. The van der Waals surface area contributed by atoms with Crippen LogP contribution in [-0.4, -0.2) is 54.8 Å². The van der Waals surface area contributed by atoms with Gasteiger partial charge in [0.1, 0.15) is 0 Å². The van der Waals surface area contributed by atoms with E-state index in [1.165, 1.54) is 4.90 Å². The maximum absolute atomic E-state index is 12.1. The van der Waals surface area contributed by atoms with Crippen LogP contribution in [0.15, 0.2) is 30.3 Å². The third kappa shape index (κ3) is 3.95. The molecule has 7 heteroatoms. The average molecular weight is 313 g/mol. The number of benzene rings is 1. The van der Waals surface area contributed by atoms with E-state index in [1.54, 1.807) is 6.92 Å². The highest BCUT2D eigenvalue weighted by Crippen LogP contribution is 2.21. The molecule has 0 aromatic heterocycles. The van der Waals surface area contributed by atoms with Crippen molar-refractivity contribution in [3.8, 4) is 0 Å². The number of ether oxygens (including phenoxy) is 1. The van der Waals surface area contributed by atoms with Crippen LogP contribution in [0.1, 0.15) is 12.5 Å². The van der Waals surface area contributed by atoms with Gasteiger partial charge in [-0.3, -0.25) is 4.90 Å². The molecule has 1 aromatic carbocycles. The van der Waals surface area contributed by atoms with Crippen LogP contribution in [0.3, 0.4) is 0 Å². The van der Waals surface area contributed by atoms with Crippen LogP contribution < -0.4 is 0 Å². The number of carbonyl (C=O) groups is 1. The van der Waals surface area contributed by atoms with E-state index >= 15 is 0 Å². The van der Waals surface area contributed by atoms with Gasteiger partial charge in [0, 0.05) is 6.54 Å². The van der Waals surface area contributed by atoms with Gasteiger partial charge < -0.3 is 9.84 Å². The minimum absolute atomic E-state index is 0.194. The molecule has 6 nitrogen and oxygen atoms in total. The zero-order valence-corrected chi connectivity index (χ0v) is 12.6. The van der Waals surface area contributed by atoms with Gasteiger partial charge in [0.15, 0.2) is 9.84 Å². The quantitative estimate of drug-likeness (QED) is 0.889. The molecule has 0 saturated carbocycles. The number of aliphatic hydroxyl groups excluding tert-OH is 1. The molecule has 0 bridgehead atoms. The Morgan fingerprint density at radius 2 is 2.00 bits per heavy atom. The molecule has 1 aliphatic rings. The van der Waals surface area contributed by atoms with Crippen molar-refractivity contribution in [1.29, 1.82) is 0 Å². The molecule has 1 N–H and O–H groups in total. The fourth-order valence-electron chi connectivity index (χ4n) is 2.41. The average Bonchev–Trinajstić information content (AvgIpc) is 2.70. The normalized spacial score (nSPS) is 23.7. The van der Waals surface area contributed by atoms with Crippen molar-refractivity contribution in [2.24, 2.45) is 0 Å². The Morgan fingerprint density at radius 1 is 1.33 bits per heavy atom. The Hall–Kier alpha value is -1.60. The zero-order chi connectivity index (χ0) is 15.5. The van der Waals surface area contributed by atoms with Crippen LogP contribution in [0, 0.1) is 0 Å². The summed E-state index contributed by atoms with van der Waals surface area (Å²) in [5, 5.41) is 9.96. The summed E-state index contributed by atoms with van der Waals surface area (Å²) in [4.78, 5) is 13.4. The van der Waals surface area contributed by atoms with Crippen LogP contribution in [-0.2, 0) is 21.1 Å². The lowest BCUT2D eigenvalue weighted by Gasteiger charge is -2.29. The van der Waals surface area contributed by atoms with Crippen LogP contribution in [0.25, 0.3) is 0 Å². The molecule has 116 valence electrons. The Kier molecular flexibility index (Phi) is 4.84. The summed E-state index contributed by atoms with van der Waals surface area (Å²) >= 11 is 0. The van der Waals surface area contributed by atoms with Gasteiger partial charge in [-0.2, -0.15) is 0 Å². The van der Waals surface area contributed by atoms with E-state index in [4.69, 9.17) is 4.74 Å². The van der Waals surface area contributed by atoms with E-state index in [9.17, 15) is 18.3 Å².